The predicted octanol–water partition coefficient (Wildman–Crippen LogP) is 5.93. The van der Waals surface area contributed by atoms with E-state index < -0.39 is 5.25 Å². The molecule has 0 saturated carbocycles. The van der Waals surface area contributed by atoms with E-state index in [0.717, 1.165) is 28.3 Å². The van der Waals surface area contributed by atoms with Crippen LogP contribution in [0.2, 0.25) is 5.02 Å². The Labute approximate surface area is 236 Å². The van der Waals surface area contributed by atoms with Crippen LogP contribution in [0.3, 0.4) is 0 Å². The Balaban J connectivity index is 1.31. The van der Waals surface area contributed by atoms with Gasteiger partial charge in [-0.25, -0.2) is 5.01 Å². The van der Waals surface area contributed by atoms with Gasteiger partial charge in [-0.2, -0.15) is 10.1 Å². The van der Waals surface area contributed by atoms with Gasteiger partial charge in [0.05, 0.1) is 25.5 Å². The molecule has 0 saturated heterocycles. The number of hydrogen-bond acceptors (Lipinski definition) is 7. The molecule has 0 aliphatic carbocycles. The number of anilines is 1. The third-order valence-electron chi connectivity index (χ3n) is 6.31. The van der Waals surface area contributed by atoms with E-state index in [2.05, 4.69) is 10.3 Å². The predicted molar refractivity (Wildman–Crippen MR) is 155 cm³/mol. The van der Waals surface area contributed by atoms with Gasteiger partial charge in [-0.15, -0.1) is 0 Å². The van der Waals surface area contributed by atoms with E-state index in [9.17, 15) is 9.59 Å². The molecule has 200 valence electrons. The zero-order valence-corrected chi connectivity index (χ0v) is 23.0. The minimum Gasteiger partial charge on any atom is -0.497 e. The van der Waals surface area contributed by atoms with E-state index in [4.69, 9.17) is 26.2 Å². The highest BCUT2D eigenvalue weighted by atomic mass is 35.5. The smallest absolute Gasteiger partial charge is 0.262 e. The normalized spacial score (nSPS) is 18.5. The van der Waals surface area contributed by atoms with E-state index >= 15 is 0 Å². The molecule has 2 amide bonds. The van der Waals surface area contributed by atoms with Crippen LogP contribution in [-0.2, 0) is 9.59 Å². The van der Waals surface area contributed by atoms with Gasteiger partial charge < -0.3 is 14.8 Å². The first-order valence-corrected chi connectivity index (χ1v) is 13.8. The molecule has 0 aromatic heterocycles. The van der Waals surface area contributed by atoms with Gasteiger partial charge in [0, 0.05) is 23.6 Å². The highest BCUT2D eigenvalue weighted by Crippen LogP contribution is 2.39. The fraction of sp³-hybridized carbons (Fsp3) is 0.241. The molecule has 0 fully saturated rings. The molecular formula is C29H27ClN4O4S. The molecular weight excluding hydrogens is 536 g/mol. The Morgan fingerprint density at radius 2 is 1.85 bits per heavy atom. The Kier molecular flexibility index (Phi) is 8.18. The van der Waals surface area contributed by atoms with Gasteiger partial charge in [0.2, 0.25) is 5.91 Å². The van der Waals surface area contributed by atoms with E-state index in [1.807, 2.05) is 55.5 Å². The third-order valence-corrected chi connectivity index (χ3v) is 7.69. The van der Waals surface area contributed by atoms with Crippen LogP contribution in [0.1, 0.15) is 36.9 Å². The summed E-state index contributed by atoms with van der Waals surface area (Å²) in [7, 11) is 1.63. The molecule has 3 aromatic rings. The quantitative estimate of drug-likeness (QED) is 0.366. The maximum absolute atomic E-state index is 12.9. The molecule has 5 rings (SSSR count). The molecule has 2 atom stereocenters. The summed E-state index contributed by atoms with van der Waals surface area (Å²) in [6.45, 7) is 2.47. The monoisotopic (exact) mass is 562 g/mol. The zero-order chi connectivity index (χ0) is 27.4. The van der Waals surface area contributed by atoms with Crippen LogP contribution < -0.4 is 14.8 Å². The number of nitrogens with one attached hydrogen (secondary N) is 1. The molecule has 2 aliphatic heterocycles. The van der Waals surface area contributed by atoms with Crippen molar-refractivity contribution in [3.05, 3.63) is 88.9 Å². The van der Waals surface area contributed by atoms with Gasteiger partial charge in [0.1, 0.15) is 16.7 Å². The highest BCUT2D eigenvalue weighted by molar-refractivity contribution is 8.15. The number of rotatable bonds is 8. The summed E-state index contributed by atoms with van der Waals surface area (Å²) in [5.41, 5.74) is 3.40. The van der Waals surface area contributed by atoms with Crippen molar-refractivity contribution in [3.63, 3.8) is 0 Å². The highest BCUT2D eigenvalue weighted by Gasteiger charge is 2.39. The molecule has 10 heteroatoms. The van der Waals surface area contributed by atoms with Crippen molar-refractivity contribution in [2.24, 2.45) is 10.1 Å². The van der Waals surface area contributed by atoms with Crippen molar-refractivity contribution < 1.29 is 19.1 Å². The number of aliphatic imine (C=N–C) groups is 1. The lowest BCUT2D eigenvalue weighted by Gasteiger charge is -2.23. The Bertz CT molecular complexity index is 1430. The lowest BCUT2D eigenvalue weighted by Crippen LogP contribution is -2.25. The molecule has 8 nitrogen and oxygen atoms in total. The van der Waals surface area contributed by atoms with Crippen molar-refractivity contribution in [2.75, 3.05) is 19.0 Å². The fourth-order valence-electron chi connectivity index (χ4n) is 4.40. The van der Waals surface area contributed by atoms with Crippen molar-refractivity contribution in [1.82, 2.24) is 5.01 Å². The van der Waals surface area contributed by atoms with Gasteiger partial charge in [0.25, 0.3) is 5.91 Å². The minimum atomic E-state index is -0.636. The van der Waals surface area contributed by atoms with Crippen LogP contribution in [0, 0.1) is 0 Å². The van der Waals surface area contributed by atoms with Crippen LogP contribution in [0.4, 0.5) is 5.69 Å². The molecule has 0 radical (unpaired) electrons. The summed E-state index contributed by atoms with van der Waals surface area (Å²) in [4.78, 5) is 29.9. The SMILES string of the molecule is CCOc1ccc(NC(=O)C[C@H]2SC(N3N=C(c4ccc(OC)cc4)C[C@H]3c3cccc(Cl)c3)=NC2=O)cc1. The Hall–Kier alpha value is -3.82. The Morgan fingerprint density at radius 1 is 1.10 bits per heavy atom. The summed E-state index contributed by atoms with van der Waals surface area (Å²) in [5, 5.41) is 9.94. The summed E-state index contributed by atoms with van der Waals surface area (Å²) in [6.07, 6.45) is 0.595. The second-order valence-corrected chi connectivity index (χ2v) is 10.5. The first-order chi connectivity index (χ1) is 18.9. The fourth-order valence-corrected chi connectivity index (χ4v) is 5.66. The average Bonchev–Trinajstić information content (AvgIpc) is 3.54. The van der Waals surface area contributed by atoms with Crippen LogP contribution in [0.25, 0.3) is 0 Å². The number of halogens is 1. The number of nitrogens with zero attached hydrogens (tertiary/aromatic N) is 3. The van der Waals surface area contributed by atoms with E-state index in [1.54, 1.807) is 36.4 Å². The van der Waals surface area contributed by atoms with Gasteiger partial charge in [-0.3, -0.25) is 9.59 Å². The lowest BCUT2D eigenvalue weighted by molar-refractivity contribution is -0.121. The molecule has 2 heterocycles. The molecule has 2 aliphatic rings. The van der Waals surface area contributed by atoms with Gasteiger partial charge in [0.15, 0.2) is 5.17 Å². The molecule has 1 N–H and O–H groups in total. The minimum absolute atomic E-state index is 0.00552. The van der Waals surface area contributed by atoms with E-state index in [-0.39, 0.29) is 24.3 Å². The van der Waals surface area contributed by atoms with Crippen LogP contribution in [0.5, 0.6) is 11.5 Å². The number of methoxy groups -OCH3 is 1. The standard InChI is InChI=1S/C29H27ClN4O4S/c1-3-38-23-13-9-21(10-14-23)31-27(35)17-26-28(36)32-29(39-26)34-25(19-5-4-6-20(30)15-19)16-24(33-34)18-7-11-22(37-2)12-8-18/h4-15,25-26H,3,16-17H2,1-2H3,(H,31,35)/t25-,26+/m0/s1. The molecule has 0 spiro atoms. The molecule has 39 heavy (non-hydrogen) atoms. The molecule has 0 unspecified atom stereocenters. The van der Waals surface area contributed by atoms with Crippen LogP contribution in [0.15, 0.2) is 82.9 Å². The number of amides is 2. The number of carbonyl (C=O) groups excluding carboxylic acids is 2. The van der Waals surface area contributed by atoms with E-state index in [1.165, 1.54) is 11.8 Å². The third kappa shape index (κ3) is 6.26. The second-order valence-electron chi connectivity index (χ2n) is 8.94. The van der Waals surface area contributed by atoms with Gasteiger partial charge >= 0.3 is 0 Å². The summed E-state index contributed by atoms with van der Waals surface area (Å²) in [6, 6.07) is 22.2. The topological polar surface area (TPSA) is 92.6 Å². The van der Waals surface area contributed by atoms with E-state index in [0.29, 0.717) is 28.9 Å². The summed E-state index contributed by atoms with van der Waals surface area (Å²) < 4.78 is 10.7. The Morgan fingerprint density at radius 3 is 2.54 bits per heavy atom. The van der Waals surface area contributed by atoms with Gasteiger partial charge in [-0.05, 0) is 78.7 Å². The first-order valence-electron chi connectivity index (χ1n) is 12.5. The van der Waals surface area contributed by atoms with Crippen LogP contribution in [-0.4, -0.2) is 46.7 Å². The molecule has 3 aromatic carbocycles. The number of amidine groups is 1. The largest absolute Gasteiger partial charge is 0.497 e. The van der Waals surface area contributed by atoms with Crippen molar-refractivity contribution in [1.29, 1.82) is 0 Å². The van der Waals surface area contributed by atoms with Crippen molar-refractivity contribution in [2.45, 2.75) is 31.1 Å². The maximum Gasteiger partial charge on any atom is 0.262 e. The number of ether oxygens (including phenoxy) is 2. The molecule has 0 bridgehead atoms. The number of hydrazone groups is 1. The number of carbonyl (C=O) groups is 2. The second kappa shape index (κ2) is 11.9. The maximum atomic E-state index is 12.9. The average molecular weight is 563 g/mol. The van der Waals surface area contributed by atoms with Gasteiger partial charge in [-0.1, -0.05) is 35.5 Å². The lowest BCUT2D eigenvalue weighted by atomic mass is 9.98. The van der Waals surface area contributed by atoms with Crippen LogP contribution >= 0.6 is 23.4 Å². The van der Waals surface area contributed by atoms with Crippen molar-refractivity contribution in [3.8, 4) is 11.5 Å². The number of hydrogen-bond donors (Lipinski definition) is 1. The van der Waals surface area contributed by atoms with Crippen molar-refractivity contribution >= 4 is 51.7 Å². The number of benzene rings is 3. The first kappa shape index (κ1) is 26.8. The number of thioether (sulfide) groups is 1. The summed E-state index contributed by atoms with van der Waals surface area (Å²) >= 11 is 7.56. The zero-order valence-electron chi connectivity index (χ0n) is 21.5. The summed E-state index contributed by atoms with van der Waals surface area (Å²) in [5.74, 6) is 0.865.